The Labute approximate surface area is 115 Å². The molecule has 1 aromatic carbocycles. The summed E-state index contributed by atoms with van der Waals surface area (Å²) in [6, 6.07) is 12.9. The first kappa shape index (κ1) is 13.6. The lowest BCUT2D eigenvalue weighted by Gasteiger charge is -2.25. The Bertz CT molecular complexity index is 532. The second kappa shape index (κ2) is 5.87. The van der Waals surface area contributed by atoms with E-state index in [-0.39, 0.29) is 6.04 Å². The van der Waals surface area contributed by atoms with Crippen LogP contribution in [-0.4, -0.2) is 4.98 Å². The fourth-order valence-electron chi connectivity index (χ4n) is 2.31. The molecule has 0 radical (unpaired) electrons. The van der Waals surface area contributed by atoms with Crippen LogP contribution in [-0.2, 0) is 0 Å². The van der Waals surface area contributed by atoms with Crippen LogP contribution in [0.3, 0.4) is 0 Å². The Morgan fingerprint density at radius 2 is 1.84 bits per heavy atom. The summed E-state index contributed by atoms with van der Waals surface area (Å²) in [6.07, 6.45) is 1.82. The van der Waals surface area contributed by atoms with Crippen LogP contribution in [0.5, 0.6) is 0 Å². The number of aromatic nitrogens is 1. The van der Waals surface area contributed by atoms with Gasteiger partial charge < -0.3 is 5.32 Å². The SMILES string of the molecule is Cc1ccc(C)c(C(Nc2ccccn2)C(C)C)c1. The third kappa shape index (κ3) is 3.34. The van der Waals surface area contributed by atoms with Crippen molar-refractivity contribution in [1.82, 2.24) is 4.98 Å². The number of aryl methyl sites for hydroxylation is 2. The van der Waals surface area contributed by atoms with Crippen molar-refractivity contribution in [3.05, 3.63) is 59.3 Å². The summed E-state index contributed by atoms with van der Waals surface area (Å²) in [7, 11) is 0. The zero-order valence-electron chi connectivity index (χ0n) is 12.1. The van der Waals surface area contributed by atoms with Gasteiger partial charge in [-0.25, -0.2) is 4.98 Å². The number of hydrogen-bond acceptors (Lipinski definition) is 2. The largest absolute Gasteiger partial charge is 0.363 e. The van der Waals surface area contributed by atoms with Gasteiger partial charge in [0.25, 0.3) is 0 Å². The number of nitrogens with one attached hydrogen (secondary N) is 1. The van der Waals surface area contributed by atoms with E-state index in [0.29, 0.717) is 5.92 Å². The number of rotatable bonds is 4. The van der Waals surface area contributed by atoms with Crippen molar-refractivity contribution in [1.29, 1.82) is 0 Å². The zero-order chi connectivity index (χ0) is 13.8. The molecule has 2 heteroatoms. The van der Waals surface area contributed by atoms with E-state index in [4.69, 9.17) is 0 Å². The Morgan fingerprint density at radius 1 is 1.05 bits per heavy atom. The zero-order valence-corrected chi connectivity index (χ0v) is 12.1. The van der Waals surface area contributed by atoms with Gasteiger partial charge in [0.2, 0.25) is 0 Å². The average Bonchev–Trinajstić information content (AvgIpc) is 2.40. The predicted octanol–water partition coefficient (Wildman–Crippen LogP) is 4.51. The molecule has 0 aliphatic rings. The van der Waals surface area contributed by atoms with Crippen molar-refractivity contribution in [3.8, 4) is 0 Å². The van der Waals surface area contributed by atoms with E-state index in [2.05, 4.69) is 56.2 Å². The van der Waals surface area contributed by atoms with Crippen LogP contribution in [0.25, 0.3) is 0 Å². The molecule has 0 aliphatic heterocycles. The molecule has 0 saturated carbocycles. The third-order valence-electron chi connectivity index (χ3n) is 3.40. The van der Waals surface area contributed by atoms with Crippen molar-refractivity contribution < 1.29 is 0 Å². The average molecular weight is 254 g/mol. The normalized spacial score (nSPS) is 12.5. The second-order valence-corrected chi connectivity index (χ2v) is 5.44. The van der Waals surface area contributed by atoms with Crippen LogP contribution in [0, 0.1) is 19.8 Å². The van der Waals surface area contributed by atoms with Gasteiger partial charge in [-0.1, -0.05) is 43.7 Å². The van der Waals surface area contributed by atoms with E-state index in [9.17, 15) is 0 Å². The molecule has 2 rings (SSSR count). The van der Waals surface area contributed by atoms with Crippen LogP contribution in [0.1, 0.15) is 36.6 Å². The van der Waals surface area contributed by atoms with E-state index < -0.39 is 0 Å². The van der Waals surface area contributed by atoms with Gasteiger partial charge in [-0.3, -0.25) is 0 Å². The minimum atomic E-state index is 0.287. The molecule has 19 heavy (non-hydrogen) atoms. The highest BCUT2D eigenvalue weighted by molar-refractivity contribution is 5.41. The maximum absolute atomic E-state index is 4.37. The van der Waals surface area contributed by atoms with Crippen molar-refractivity contribution >= 4 is 5.82 Å². The summed E-state index contributed by atoms with van der Waals surface area (Å²) in [6.45, 7) is 8.79. The first-order chi connectivity index (χ1) is 9.08. The van der Waals surface area contributed by atoms with Gasteiger partial charge in [-0.2, -0.15) is 0 Å². The van der Waals surface area contributed by atoms with E-state index >= 15 is 0 Å². The fraction of sp³-hybridized carbons (Fsp3) is 0.353. The highest BCUT2D eigenvalue weighted by Crippen LogP contribution is 2.28. The third-order valence-corrected chi connectivity index (χ3v) is 3.40. The van der Waals surface area contributed by atoms with Crippen molar-refractivity contribution in [2.75, 3.05) is 5.32 Å². The van der Waals surface area contributed by atoms with Gasteiger partial charge in [0.1, 0.15) is 5.82 Å². The molecular weight excluding hydrogens is 232 g/mol. The van der Waals surface area contributed by atoms with Crippen LogP contribution in [0.2, 0.25) is 0 Å². The Balaban J connectivity index is 2.32. The second-order valence-electron chi connectivity index (χ2n) is 5.44. The summed E-state index contributed by atoms with van der Waals surface area (Å²) in [4.78, 5) is 4.37. The molecule has 2 aromatic rings. The van der Waals surface area contributed by atoms with Crippen LogP contribution in [0.15, 0.2) is 42.6 Å². The van der Waals surface area contributed by atoms with Crippen LogP contribution in [0.4, 0.5) is 5.82 Å². The smallest absolute Gasteiger partial charge is 0.126 e. The first-order valence-corrected chi connectivity index (χ1v) is 6.82. The molecule has 0 fully saturated rings. The molecule has 100 valence electrons. The molecule has 1 aromatic heterocycles. The van der Waals surface area contributed by atoms with Crippen molar-refractivity contribution in [3.63, 3.8) is 0 Å². The Kier molecular flexibility index (Phi) is 4.20. The molecule has 0 amide bonds. The number of hydrogen-bond donors (Lipinski definition) is 1. The van der Waals surface area contributed by atoms with Crippen LogP contribution >= 0.6 is 0 Å². The quantitative estimate of drug-likeness (QED) is 0.868. The molecule has 0 saturated heterocycles. The van der Waals surface area contributed by atoms with Gasteiger partial charge >= 0.3 is 0 Å². The standard InChI is InChI=1S/C17H22N2/c1-12(2)17(19-16-7-5-6-10-18-16)15-11-13(3)8-9-14(15)4/h5-12,17H,1-4H3,(H,18,19). The summed E-state index contributed by atoms with van der Waals surface area (Å²) in [5, 5.41) is 3.55. The van der Waals surface area contributed by atoms with E-state index in [0.717, 1.165) is 5.82 Å². The Hall–Kier alpha value is -1.83. The fourth-order valence-corrected chi connectivity index (χ4v) is 2.31. The van der Waals surface area contributed by atoms with E-state index in [1.165, 1.54) is 16.7 Å². The maximum atomic E-state index is 4.37. The lowest BCUT2D eigenvalue weighted by Crippen LogP contribution is -2.18. The van der Waals surface area contributed by atoms with Crippen molar-refractivity contribution in [2.24, 2.45) is 5.92 Å². The maximum Gasteiger partial charge on any atom is 0.126 e. The van der Waals surface area contributed by atoms with Gasteiger partial charge in [0.15, 0.2) is 0 Å². The molecule has 1 unspecified atom stereocenters. The topological polar surface area (TPSA) is 24.9 Å². The van der Waals surface area contributed by atoms with Gasteiger partial charge in [0.05, 0.1) is 6.04 Å². The number of anilines is 1. The lowest BCUT2D eigenvalue weighted by atomic mass is 9.91. The van der Waals surface area contributed by atoms with Gasteiger partial charge in [0, 0.05) is 6.20 Å². The highest BCUT2D eigenvalue weighted by atomic mass is 15.0. The first-order valence-electron chi connectivity index (χ1n) is 6.82. The number of benzene rings is 1. The number of pyridine rings is 1. The molecule has 0 aliphatic carbocycles. The molecule has 0 bridgehead atoms. The molecule has 0 spiro atoms. The van der Waals surface area contributed by atoms with E-state index in [1.54, 1.807) is 0 Å². The molecular formula is C17H22N2. The predicted molar refractivity (Wildman–Crippen MR) is 81.4 cm³/mol. The van der Waals surface area contributed by atoms with Gasteiger partial charge in [-0.05, 0) is 43.0 Å². The minimum absolute atomic E-state index is 0.287. The summed E-state index contributed by atoms with van der Waals surface area (Å²) < 4.78 is 0. The minimum Gasteiger partial charge on any atom is -0.363 e. The lowest BCUT2D eigenvalue weighted by molar-refractivity contribution is 0.542. The summed E-state index contributed by atoms with van der Waals surface area (Å²) in [5.74, 6) is 1.43. The molecule has 1 atom stereocenters. The van der Waals surface area contributed by atoms with Gasteiger partial charge in [-0.15, -0.1) is 0 Å². The van der Waals surface area contributed by atoms with Crippen molar-refractivity contribution in [2.45, 2.75) is 33.7 Å². The number of nitrogens with zero attached hydrogens (tertiary/aromatic N) is 1. The van der Waals surface area contributed by atoms with Crippen LogP contribution < -0.4 is 5.32 Å². The summed E-state index contributed by atoms with van der Waals surface area (Å²) in [5.41, 5.74) is 3.99. The van der Waals surface area contributed by atoms with E-state index in [1.807, 2.05) is 24.4 Å². The molecule has 1 N–H and O–H groups in total. The summed E-state index contributed by atoms with van der Waals surface area (Å²) >= 11 is 0. The molecule has 1 heterocycles. The highest BCUT2D eigenvalue weighted by Gasteiger charge is 2.18. The Morgan fingerprint density at radius 3 is 2.47 bits per heavy atom. The molecule has 2 nitrogen and oxygen atoms in total. The monoisotopic (exact) mass is 254 g/mol.